The Balaban J connectivity index is 0.00000208. The molecule has 0 unspecified atom stereocenters. The van der Waals surface area contributed by atoms with Crippen LogP contribution in [-0.2, 0) is 22.3 Å². The van der Waals surface area contributed by atoms with Gasteiger partial charge in [-0.3, -0.25) is 4.99 Å². The highest BCUT2D eigenvalue weighted by Gasteiger charge is 2.32. The fourth-order valence-corrected chi connectivity index (χ4v) is 3.55. The van der Waals surface area contributed by atoms with Crippen molar-refractivity contribution in [2.75, 3.05) is 38.8 Å². The standard InChI is InChI=1S/C18H27N3O2.HI/c1-22-13-18(7-9-23-10-8-18)12-20-17(19)21-16-6-5-14-3-2-4-15(14)11-16;/h5-6,11H,2-4,7-10,12-13H2,1H3,(H3,19,20,21);1H. The lowest BCUT2D eigenvalue weighted by molar-refractivity contribution is -0.0222. The minimum atomic E-state index is 0. The SMILES string of the molecule is COCC1(CN=C(N)Nc2ccc3c(c2)CCC3)CCOCC1.I. The predicted octanol–water partition coefficient (Wildman–Crippen LogP) is 2.96. The van der Waals surface area contributed by atoms with Crippen LogP contribution in [0.4, 0.5) is 5.69 Å². The van der Waals surface area contributed by atoms with Gasteiger partial charge in [0, 0.05) is 31.4 Å². The van der Waals surface area contributed by atoms with E-state index in [0.717, 1.165) is 31.7 Å². The lowest BCUT2D eigenvalue weighted by atomic mass is 9.81. The van der Waals surface area contributed by atoms with Gasteiger partial charge in [-0.2, -0.15) is 0 Å². The smallest absolute Gasteiger partial charge is 0.193 e. The van der Waals surface area contributed by atoms with Crippen molar-refractivity contribution in [3.05, 3.63) is 29.3 Å². The van der Waals surface area contributed by atoms with Gasteiger partial charge in [0.15, 0.2) is 5.96 Å². The summed E-state index contributed by atoms with van der Waals surface area (Å²) < 4.78 is 10.9. The second-order valence-electron chi connectivity index (χ2n) is 6.71. The topological polar surface area (TPSA) is 68.9 Å². The molecule has 1 aromatic rings. The van der Waals surface area contributed by atoms with E-state index in [1.807, 2.05) is 0 Å². The predicted molar refractivity (Wildman–Crippen MR) is 108 cm³/mol. The van der Waals surface area contributed by atoms with Gasteiger partial charge >= 0.3 is 0 Å². The highest BCUT2D eigenvalue weighted by atomic mass is 127. The molecule has 0 saturated carbocycles. The highest BCUT2D eigenvalue weighted by Crippen LogP contribution is 2.31. The maximum atomic E-state index is 6.09. The summed E-state index contributed by atoms with van der Waals surface area (Å²) in [4.78, 5) is 4.58. The molecule has 24 heavy (non-hydrogen) atoms. The Kier molecular flexibility index (Phi) is 7.31. The Labute approximate surface area is 161 Å². The first kappa shape index (κ1) is 19.5. The second kappa shape index (κ2) is 9.01. The molecule has 1 fully saturated rings. The fourth-order valence-electron chi connectivity index (χ4n) is 3.55. The maximum absolute atomic E-state index is 6.09. The van der Waals surface area contributed by atoms with Crippen molar-refractivity contribution < 1.29 is 9.47 Å². The molecule has 0 atom stereocenters. The van der Waals surface area contributed by atoms with Gasteiger partial charge in [0.2, 0.25) is 0 Å². The van der Waals surface area contributed by atoms with Crippen molar-refractivity contribution in [3.63, 3.8) is 0 Å². The van der Waals surface area contributed by atoms with Gasteiger partial charge < -0.3 is 20.5 Å². The molecule has 134 valence electrons. The highest BCUT2D eigenvalue weighted by molar-refractivity contribution is 14.0. The van der Waals surface area contributed by atoms with Crippen LogP contribution in [0.25, 0.3) is 0 Å². The Morgan fingerprint density at radius 1 is 1.29 bits per heavy atom. The molecule has 1 saturated heterocycles. The molecule has 0 bridgehead atoms. The molecule has 2 aliphatic rings. The summed E-state index contributed by atoms with van der Waals surface area (Å²) in [5, 5.41) is 3.23. The third-order valence-corrected chi connectivity index (χ3v) is 4.96. The number of ether oxygens (including phenoxy) is 2. The van der Waals surface area contributed by atoms with E-state index in [1.165, 1.54) is 30.4 Å². The molecule has 1 aromatic carbocycles. The third-order valence-electron chi connectivity index (χ3n) is 4.96. The van der Waals surface area contributed by atoms with Crippen LogP contribution in [0.2, 0.25) is 0 Å². The Hall–Kier alpha value is -0.860. The first-order valence-corrected chi connectivity index (χ1v) is 8.46. The number of benzene rings is 1. The van der Waals surface area contributed by atoms with E-state index in [2.05, 4.69) is 28.5 Å². The van der Waals surface area contributed by atoms with Crippen molar-refractivity contribution >= 4 is 35.6 Å². The van der Waals surface area contributed by atoms with Crippen molar-refractivity contribution in [1.29, 1.82) is 0 Å². The Bertz CT molecular complexity index is 566. The minimum absolute atomic E-state index is 0. The number of aryl methyl sites for hydroxylation is 2. The van der Waals surface area contributed by atoms with Gasteiger partial charge in [-0.15, -0.1) is 24.0 Å². The molecule has 3 N–H and O–H groups in total. The Morgan fingerprint density at radius 2 is 2.04 bits per heavy atom. The van der Waals surface area contributed by atoms with E-state index in [9.17, 15) is 0 Å². The molecular formula is C18H28IN3O2. The van der Waals surface area contributed by atoms with E-state index in [4.69, 9.17) is 15.2 Å². The minimum Gasteiger partial charge on any atom is -0.384 e. The van der Waals surface area contributed by atoms with E-state index >= 15 is 0 Å². The van der Waals surface area contributed by atoms with Gasteiger partial charge in [0.1, 0.15) is 0 Å². The molecule has 6 heteroatoms. The maximum Gasteiger partial charge on any atom is 0.193 e. The van der Waals surface area contributed by atoms with E-state index in [1.54, 1.807) is 7.11 Å². The van der Waals surface area contributed by atoms with Crippen LogP contribution in [0.1, 0.15) is 30.4 Å². The lowest BCUT2D eigenvalue weighted by Gasteiger charge is -2.35. The number of anilines is 1. The Morgan fingerprint density at radius 3 is 2.79 bits per heavy atom. The van der Waals surface area contributed by atoms with E-state index < -0.39 is 0 Å². The number of nitrogens with one attached hydrogen (secondary N) is 1. The molecule has 0 spiro atoms. The van der Waals surface area contributed by atoms with Crippen LogP contribution in [-0.4, -0.2) is 39.4 Å². The van der Waals surface area contributed by atoms with Crippen LogP contribution in [0, 0.1) is 5.41 Å². The van der Waals surface area contributed by atoms with Crippen LogP contribution in [0.15, 0.2) is 23.2 Å². The van der Waals surface area contributed by atoms with Crippen LogP contribution < -0.4 is 11.1 Å². The summed E-state index contributed by atoms with van der Waals surface area (Å²) in [6, 6.07) is 6.48. The summed E-state index contributed by atoms with van der Waals surface area (Å²) >= 11 is 0. The second-order valence-corrected chi connectivity index (χ2v) is 6.71. The van der Waals surface area contributed by atoms with Crippen molar-refractivity contribution in [3.8, 4) is 0 Å². The number of rotatable bonds is 5. The summed E-state index contributed by atoms with van der Waals surface area (Å²) in [7, 11) is 1.74. The summed E-state index contributed by atoms with van der Waals surface area (Å²) in [5.41, 5.74) is 10.1. The molecule has 1 aliphatic carbocycles. The van der Waals surface area contributed by atoms with Crippen molar-refractivity contribution in [2.24, 2.45) is 16.1 Å². The average molecular weight is 445 g/mol. The quantitative estimate of drug-likeness (QED) is 0.416. The summed E-state index contributed by atoms with van der Waals surface area (Å²) in [6.07, 6.45) is 5.55. The van der Waals surface area contributed by atoms with E-state index in [-0.39, 0.29) is 29.4 Å². The number of nitrogens with zero attached hydrogens (tertiary/aromatic N) is 1. The van der Waals surface area contributed by atoms with Crippen LogP contribution >= 0.6 is 24.0 Å². The van der Waals surface area contributed by atoms with Crippen molar-refractivity contribution in [2.45, 2.75) is 32.1 Å². The number of aliphatic imine (C=N–C) groups is 1. The number of fused-ring (bicyclic) bond motifs is 1. The third kappa shape index (κ3) is 4.83. The van der Waals surface area contributed by atoms with Gasteiger partial charge in [0.25, 0.3) is 0 Å². The molecule has 0 aromatic heterocycles. The molecule has 0 amide bonds. The first-order chi connectivity index (χ1) is 11.2. The fraction of sp³-hybridized carbons (Fsp3) is 0.611. The monoisotopic (exact) mass is 445 g/mol. The summed E-state index contributed by atoms with van der Waals surface area (Å²) in [6.45, 7) is 2.92. The zero-order chi connectivity index (χ0) is 16.1. The molecule has 0 radical (unpaired) electrons. The van der Waals surface area contributed by atoms with Gasteiger partial charge in [-0.25, -0.2) is 0 Å². The molecular weight excluding hydrogens is 417 g/mol. The number of methoxy groups -OCH3 is 1. The van der Waals surface area contributed by atoms with E-state index in [0.29, 0.717) is 19.1 Å². The van der Waals surface area contributed by atoms with Gasteiger partial charge in [-0.05, 0) is 55.4 Å². The normalized spacial score (nSPS) is 19.5. The molecule has 1 aliphatic heterocycles. The van der Waals surface area contributed by atoms with Gasteiger partial charge in [0.05, 0.1) is 13.2 Å². The number of hydrogen-bond donors (Lipinski definition) is 2. The average Bonchev–Trinajstić information content (AvgIpc) is 3.02. The first-order valence-electron chi connectivity index (χ1n) is 8.46. The largest absolute Gasteiger partial charge is 0.384 e. The molecule has 3 rings (SSSR count). The number of guanidine groups is 1. The van der Waals surface area contributed by atoms with Crippen LogP contribution in [0.5, 0.6) is 0 Å². The number of halogens is 1. The molecule has 5 nitrogen and oxygen atoms in total. The van der Waals surface area contributed by atoms with Gasteiger partial charge in [-0.1, -0.05) is 6.07 Å². The summed E-state index contributed by atoms with van der Waals surface area (Å²) in [5.74, 6) is 0.477. The number of nitrogens with two attached hydrogens (primary N) is 1. The zero-order valence-electron chi connectivity index (χ0n) is 14.3. The number of hydrogen-bond acceptors (Lipinski definition) is 3. The zero-order valence-corrected chi connectivity index (χ0v) is 16.7. The van der Waals surface area contributed by atoms with Crippen molar-refractivity contribution in [1.82, 2.24) is 0 Å². The lowest BCUT2D eigenvalue weighted by Crippen LogP contribution is -2.37. The van der Waals surface area contributed by atoms with Crippen LogP contribution in [0.3, 0.4) is 0 Å². The molecule has 1 heterocycles.